The molecule has 3 aliphatic rings. The van der Waals surface area contributed by atoms with E-state index in [2.05, 4.69) is 29.4 Å². The molecule has 3 fully saturated rings. The summed E-state index contributed by atoms with van der Waals surface area (Å²) in [5.74, 6) is 1.60. The summed E-state index contributed by atoms with van der Waals surface area (Å²) < 4.78 is 0. The Morgan fingerprint density at radius 2 is 2.14 bits per heavy atom. The quantitative estimate of drug-likeness (QED) is 0.832. The maximum absolute atomic E-state index is 12.4. The Balaban J connectivity index is 0.00000176. The molecule has 4 nitrogen and oxygen atoms in total. The molecule has 1 aliphatic carbocycles. The van der Waals surface area contributed by atoms with Gasteiger partial charge in [0.25, 0.3) is 0 Å². The zero-order chi connectivity index (χ0) is 14.9. The number of nitrogens with one attached hydrogen (secondary N) is 2. The maximum atomic E-state index is 12.4. The molecule has 3 rings (SSSR count). The van der Waals surface area contributed by atoms with E-state index in [1.54, 1.807) is 0 Å². The fourth-order valence-electron chi connectivity index (χ4n) is 4.55. The summed E-state index contributed by atoms with van der Waals surface area (Å²) in [4.78, 5) is 14.7. The number of carbonyl (C=O) groups is 1. The average Bonchev–Trinajstić information content (AvgIpc) is 3.06. The van der Waals surface area contributed by atoms with Crippen LogP contribution >= 0.6 is 12.4 Å². The van der Waals surface area contributed by atoms with E-state index in [1.807, 2.05) is 0 Å². The van der Waals surface area contributed by atoms with Gasteiger partial charge in [-0.05, 0) is 49.6 Å². The van der Waals surface area contributed by atoms with E-state index >= 15 is 0 Å². The Morgan fingerprint density at radius 3 is 2.86 bits per heavy atom. The SMILES string of the molecule is CC1CCCC(NC(=O)CN2CCC3(CCNC3)C2)C1C.Cl. The standard InChI is InChI=1S/C17H31N3O.ClH/c1-13-4-3-5-15(14(13)2)19-16(21)10-20-9-7-17(12-20)6-8-18-11-17;/h13-15,18H,3-12H2,1-2H3,(H,19,21);1H. The van der Waals surface area contributed by atoms with Crippen molar-refractivity contribution in [2.75, 3.05) is 32.7 Å². The van der Waals surface area contributed by atoms with Crippen molar-refractivity contribution >= 4 is 18.3 Å². The molecule has 2 heterocycles. The van der Waals surface area contributed by atoms with Crippen molar-refractivity contribution in [1.82, 2.24) is 15.5 Å². The van der Waals surface area contributed by atoms with Gasteiger partial charge in [0.2, 0.25) is 5.91 Å². The van der Waals surface area contributed by atoms with E-state index in [0.29, 0.717) is 23.9 Å². The molecule has 2 saturated heterocycles. The van der Waals surface area contributed by atoms with Crippen LogP contribution in [0.1, 0.15) is 46.0 Å². The second-order valence-corrected chi connectivity index (χ2v) is 7.83. The van der Waals surface area contributed by atoms with Crippen LogP contribution in [0.5, 0.6) is 0 Å². The van der Waals surface area contributed by atoms with Gasteiger partial charge in [0.1, 0.15) is 0 Å². The van der Waals surface area contributed by atoms with Gasteiger partial charge in [-0.1, -0.05) is 26.7 Å². The first-order valence-corrected chi connectivity index (χ1v) is 8.80. The monoisotopic (exact) mass is 329 g/mol. The second-order valence-electron chi connectivity index (χ2n) is 7.83. The van der Waals surface area contributed by atoms with Crippen LogP contribution in [0.4, 0.5) is 0 Å². The van der Waals surface area contributed by atoms with Gasteiger partial charge in [-0.25, -0.2) is 0 Å². The Bertz CT molecular complexity index is 384. The highest BCUT2D eigenvalue weighted by Crippen LogP contribution is 2.35. The maximum Gasteiger partial charge on any atom is 0.234 e. The van der Waals surface area contributed by atoms with Crippen molar-refractivity contribution in [3.63, 3.8) is 0 Å². The lowest BCUT2D eigenvalue weighted by molar-refractivity contribution is -0.123. The molecule has 2 aliphatic heterocycles. The minimum Gasteiger partial charge on any atom is -0.352 e. The molecule has 0 aromatic carbocycles. The molecule has 1 amide bonds. The van der Waals surface area contributed by atoms with E-state index < -0.39 is 0 Å². The zero-order valence-electron chi connectivity index (χ0n) is 14.1. The van der Waals surface area contributed by atoms with Crippen molar-refractivity contribution in [3.05, 3.63) is 0 Å². The topological polar surface area (TPSA) is 44.4 Å². The van der Waals surface area contributed by atoms with Crippen LogP contribution in [0.25, 0.3) is 0 Å². The number of hydrogen-bond donors (Lipinski definition) is 2. The van der Waals surface area contributed by atoms with E-state index in [9.17, 15) is 4.79 Å². The van der Waals surface area contributed by atoms with Gasteiger partial charge in [0.05, 0.1) is 6.54 Å². The number of rotatable bonds is 3. The molecule has 1 saturated carbocycles. The average molecular weight is 330 g/mol. The molecule has 0 aromatic heterocycles. The second kappa shape index (κ2) is 7.50. The van der Waals surface area contributed by atoms with Gasteiger partial charge in [-0.2, -0.15) is 0 Å². The predicted octanol–water partition coefficient (Wildman–Crippen LogP) is 2.03. The van der Waals surface area contributed by atoms with Crippen molar-refractivity contribution < 1.29 is 4.79 Å². The molecule has 128 valence electrons. The Labute approximate surface area is 141 Å². The lowest BCUT2D eigenvalue weighted by Crippen LogP contribution is -2.47. The van der Waals surface area contributed by atoms with Gasteiger partial charge in [0, 0.05) is 19.1 Å². The number of carbonyl (C=O) groups excluding carboxylic acids is 1. The number of hydrogen-bond acceptors (Lipinski definition) is 3. The van der Waals surface area contributed by atoms with Crippen LogP contribution in [0.2, 0.25) is 0 Å². The molecular weight excluding hydrogens is 298 g/mol. The van der Waals surface area contributed by atoms with E-state index in [0.717, 1.165) is 38.5 Å². The normalized spacial score (nSPS) is 38.9. The Hall–Kier alpha value is -0.320. The third-order valence-corrected chi connectivity index (χ3v) is 6.27. The van der Waals surface area contributed by atoms with Crippen LogP contribution in [0, 0.1) is 17.3 Å². The molecule has 4 atom stereocenters. The summed E-state index contributed by atoms with van der Waals surface area (Å²) >= 11 is 0. The summed E-state index contributed by atoms with van der Waals surface area (Å²) in [5, 5.41) is 6.79. The van der Waals surface area contributed by atoms with Crippen molar-refractivity contribution in [2.24, 2.45) is 17.3 Å². The Kier molecular flexibility index (Phi) is 6.14. The number of halogens is 1. The van der Waals surface area contributed by atoms with Crippen LogP contribution < -0.4 is 10.6 Å². The summed E-state index contributed by atoms with van der Waals surface area (Å²) in [5.41, 5.74) is 0.465. The van der Waals surface area contributed by atoms with E-state index in [1.165, 1.54) is 25.7 Å². The molecule has 0 radical (unpaired) electrons. The van der Waals surface area contributed by atoms with Crippen LogP contribution in [-0.4, -0.2) is 49.6 Å². The fraction of sp³-hybridized carbons (Fsp3) is 0.941. The molecule has 22 heavy (non-hydrogen) atoms. The smallest absolute Gasteiger partial charge is 0.234 e. The molecule has 4 unspecified atom stereocenters. The molecule has 0 bridgehead atoms. The number of likely N-dealkylation sites (tertiary alicyclic amines) is 1. The highest BCUT2D eigenvalue weighted by atomic mass is 35.5. The first-order chi connectivity index (χ1) is 10.1. The third kappa shape index (κ3) is 3.95. The van der Waals surface area contributed by atoms with E-state index in [4.69, 9.17) is 0 Å². The number of amides is 1. The number of nitrogens with zero attached hydrogens (tertiary/aromatic N) is 1. The summed E-state index contributed by atoms with van der Waals surface area (Å²) in [6.07, 6.45) is 6.27. The first kappa shape index (κ1) is 18.0. The molecule has 2 N–H and O–H groups in total. The van der Waals surface area contributed by atoms with Crippen LogP contribution in [0.3, 0.4) is 0 Å². The zero-order valence-corrected chi connectivity index (χ0v) is 14.9. The Morgan fingerprint density at radius 1 is 1.32 bits per heavy atom. The minimum absolute atomic E-state index is 0. The molecule has 1 spiro atoms. The van der Waals surface area contributed by atoms with Crippen LogP contribution in [0.15, 0.2) is 0 Å². The highest BCUT2D eigenvalue weighted by Gasteiger charge is 2.40. The molecular formula is C17H32ClN3O. The van der Waals surface area contributed by atoms with Crippen LogP contribution in [-0.2, 0) is 4.79 Å². The molecule has 5 heteroatoms. The lowest BCUT2D eigenvalue weighted by atomic mass is 9.78. The van der Waals surface area contributed by atoms with Gasteiger partial charge in [-0.3, -0.25) is 9.69 Å². The van der Waals surface area contributed by atoms with Gasteiger partial charge in [-0.15, -0.1) is 12.4 Å². The van der Waals surface area contributed by atoms with E-state index in [-0.39, 0.29) is 18.3 Å². The first-order valence-electron chi connectivity index (χ1n) is 8.80. The highest BCUT2D eigenvalue weighted by molar-refractivity contribution is 5.85. The third-order valence-electron chi connectivity index (χ3n) is 6.27. The van der Waals surface area contributed by atoms with Gasteiger partial charge in [0.15, 0.2) is 0 Å². The lowest BCUT2D eigenvalue weighted by Gasteiger charge is -2.35. The van der Waals surface area contributed by atoms with Crippen molar-refractivity contribution in [1.29, 1.82) is 0 Å². The largest absolute Gasteiger partial charge is 0.352 e. The summed E-state index contributed by atoms with van der Waals surface area (Å²) in [6, 6.07) is 0.394. The minimum atomic E-state index is 0. The van der Waals surface area contributed by atoms with Crippen molar-refractivity contribution in [2.45, 2.75) is 52.0 Å². The predicted molar refractivity (Wildman–Crippen MR) is 92.3 cm³/mol. The summed E-state index contributed by atoms with van der Waals surface area (Å²) in [6.45, 7) is 9.69. The van der Waals surface area contributed by atoms with Gasteiger partial charge >= 0.3 is 0 Å². The van der Waals surface area contributed by atoms with Crippen molar-refractivity contribution in [3.8, 4) is 0 Å². The fourth-order valence-corrected chi connectivity index (χ4v) is 4.55. The summed E-state index contributed by atoms with van der Waals surface area (Å²) in [7, 11) is 0. The van der Waals surface area contributed by atoms with Gasteiger partial charge < -0.3 is 10.6 Å². The molecule has 0 aromatic rings.